The van der Waals surface area contributed by atoms with Crippen molar-refractivity contribution in [2.75, 3.05) is 0 Å². The van der Waals surface area contributed by atoms with Gasteiger partial charge in [0, 0.05) is 12.1 Å². The monoisotopic (exact) mass is 383 g/mol. The van der Waals surface area contributed by atoms with Gasteiger partial charge in [0.05, 0.1) is 0 Å². The summed E-state index contributed by atoms with van der Waals surface area (Å²) in [4.78, 5) is 23.9. The summed E-state index contributed by atoms with van der Waals surface area (Å²) in [6.07, 6.45) is 6.39. The minimum atomic E-state index is -0.815. The van der Waals surface area contributed by atoms with Crippen molar-refractivity contribution in [3.63, 3.8) is 0 Å². The Kier molecular flexibility index (Phi) is 6.45. The maximum absolute atomic E-state index is 12.1. The molecular weight excluding hydrogens is 362 g/mol. The van der Waals surface area contributed by atoms with Crippen LogP contribution in [-0.2, 0) is 14.3 Å². The summed E-state index contributed by atoms with van der Waals surface area (Å²) in [7, 11) is 0. The molecule has 1 saturated carbocycles. The van der Waals surface area contributed by atoms with Crippen LogP contribution in [0.3, 0.4) is 0 Å². The van der Waals surface area contributed by atoms with Crippen molar-refractivity contribution >= 4 is 33.9 Å². The number of esters is 1. The van der Waals surface area contributed by atoms with Crippen LogP contribution >= 0.6 is 15.9 Å². The Labute approximate surface area is 144 Å². The summed E-state index contributed by atoms with van der Waals surface area (Å²) < 4.78 is 11.0. The highest BCUT2D eigenvalue weighted by atomic mass is 79.9. The highest BCUT2D eigenvalue weighted by Crippen LogP contribution is 2.23. The summed E-state index contributed by atoms with van der Waals surface area (Å²) in [5, 5.41) is 2.99. The fourth-order valence-electron chi connectivity index (χ4n) is 2.67. The average Bonchev–Trinajstić information content (AvgIpc) is 2.93. The highest BCUT2D eigenvalue weighted by Gasteiger charge is 2.25. The Morgan fingerprint density at radius 2 is 2.13 bits per heavy atom. The quantitative estimate of drug-likeness (QED) is 0.621. The van der Waals surface area contributed by atoms with Crippen LogP contribution in [0.4, 0.5) is 0 Å². The van der Waals surface area contributed by atoms with E-state index in [1.807, 2.05) is 0 Å². The highest BCUT2D eigenvalue weighted by molar-refractivity contribution is 9.10. The molecule has 2 rings (SSSR count). The Bertz CT molecular complexity index is 581. The Morgan fingerprint density at radius 3 is 2.78 bits per heavy atom. The van der Waals surface area contributed by atoms with E-state index >= 15 is 0 Å². The minimum Gasteiger partial charge on any atom is -0.450 e. The zero-order chi connectivity index (χ0) is 16.8. The predicted octanol–water partition coefficient (Wildman–Crippen LogP) is 3.68. The minimum absolute atomic E-state index is 0.174. The number of hydrogen-bond donors (Lipinski definition) is 1. The molecule has 1 aromatic heterocycles. The van der Waals surface area contributed by atoms with Crippen LogP contribution in [0.25, 0.3) is 6.08 Å². The number of hydrogen-bond acceptors (Lipinski definition) is 4. The second-order valence-corrected chi connectivity index (χ2v) is 6.71. The Hall–Kier alpha value is -1.56. The molecule has 1 fully saturated rings. The number of rotatable bonds is 5. The van der Waals surface area contributed by atoms with Gasteiger partial charge in [0.2, 0.25) is 0 Å². The summed E-state index contributed by atoms with van der Waals surface area (Å²) in [6.45, 7) is 3.73. The molecule has 0 aliphatic heterocycles. The van der Waals surface area contributed by atoms with Crippen molar-refractivity contribution < 1.29 is 18.7 Å². The van der Waals surface area contributed by atoms with Gasteiger partial charge in [-0.05, 0) is 59.8 Å². The molecule has 1 heterocycles. The topological polar surface area (TPSA) is 68.5 Å². The van der Waals surface area contributed by atoms with E-state index in [0.717, 1.165) is 19.3 Å². The molecule has 1 N–H and O–H groups in total. The van der Waals surface area contributed by atoms with E-state index in [1.54, 1.807) is 19.1 Å². The van der Waals surface area contributed by atoms with E-state index in [9.17, 15) is 9.59 Å². The molecule has 6 heteroatoms. The number of ether oxygens (including phenoxy) is 1. The number of nitrogens with one attached hydrogen (secondary N) is 1. The van der Waals surface area contributed by atoms with Crippen molar-refractivity contribution in [3.05, 3.63) is 28.6 Å². The SMILES string of the molecule is CC(OC(=O)/C=C/c1ccc(Br)o1)C(=O)NC1CCCCC1C. The smallest absolute Gasteiger partial charge is 0.331 e. The molecule has 0 saturated heterocycles. The van der Waals surface area contributed by atoms with Crippen molar-refractivity contribution in [2.45, 2.75) is 51.7 Å². The number of halogens is 1. The lowest BCUT2D eigenvalue weighted by Gasteiger charge is -2.30. The van der Waals surface area contributed by atoms with Crippen molar-refractivity contribution in [1.29, 1.82) is 0 Å². The van der Waals surface area contributed by atoms with Crippen LogP contribution in [0, 0.1) is 5.92 Å². The lowest BCUT2D eigenvalue weighted by molar-refractivity contribution is -0.150. The summed E-state index contributed by atoms with van der Waals surface area (Å²) >= 11 is 3.18. The molecule has 23 heavy (non-hydrogen) atoms. The first-order valence-corrected chi connectivity index (χ1v) is 8.69. The molecule has 0 aromatic carbocycles. The first kappa shape index (κ1) is 17.8. The maximum Gasteiger partial charge on any atom is 0.331 e. The van der Waals surface area contributed by atoms with Crippen LogP contribution in [0.15, 0.2) is 27.3 Å². The summed E-state index contributed by atoms with van der Waals surface area (Å²) in [5.41, 5.74) is 0. The molecule has 0 radical (unpaired) electrons. The molecular formula is C17H22BrNO4. The first-order valence-electron chi connectivity index (χ1n) is 7.90. The molecule has 0 bridgehead atoms. The van der Waals surface area contributed by atoms with Gasteiger partial charge in [0.1, 0.15) is 5.76 Å². The van der Waals surface area contributed by atoms with Gasteiger partial charge in [0.15, 0.2) is 10.8 Å². The van der Waals surface area contributed by atoms with Crippen LogP contribution in [-0.4, -0.2) is 24.0 Å². The van der Waals surface area contributed by atoms with Gasteiger partial charge in [-0.1, -0.05) is 19.8 Å². The van der Waals surface area contributed by atoms with Gasteiger partial charge in [-0.25, -0.2) is 4.79 Å². The van der Waals surface area contributed by atoms with E-state index in [-0.39, 0.29) is 11.9 Å². The third-order valence-electron chi connectivity index (χ3n) is 4.08. The van der Waals surface area contributed by atoms with Gasteiger partial charge < -0.3 is 14.5 Å². The van der Waals surface area contributed by atoms with E-state index in [0.29, 0.717) is 16.3 Å². The van der Waals surface area contributed by atoms with E-state index in [2.05, 4.69) is 28.2 Å². The molecule has 3 atom stereocenters. The van der Waals surface area contributed by atoms with Crippen LogP contribution < -0.4 is 5.32 Å². The van der Waals surface area contributed by atoms with E-state index in [1.165, 1.54) is 18.6 Å². The fraction of sp³-hybridized carbons (Fsp3) is 0.529. The molecule has 1 aliphatic carbocycles. The summed E-state index contributed by atoms with van der Waals surface area (Å²) in [6, 6.07) is 3.62. The molecule has 3 unspecified atom stereocenters. The van der Waals surface area contributed by atoms with Gasteiger partial charge in [-0.2, -0.15) is 0 Å². The van der Waals surface area contributed by atoms with Gasteiger partial charge >= 0.3 is 5.97 Å². The molecule has 5 nitrogen and oxygen atoms in total. The number of carbonyl (C=O) groups excluding carboxylic acids is 2. The van der Waals surface area contributed by atoms with Gasteiger partial charge in [-0.3, -0.25) is 4.79 Å². The number of amides is 1. The Morgan fingerprint density at radius 1 is 1.39 bits per heavy atom. The van der Waals surface area contributed by atoms with E-state index < -0.39 is 12.1 Å². The lowest BCUT2D eigenvalue weighted by atomic mass is 9.86. The molecule has 1 aromatic rings. The Balaban J connectivity index is 1.80. The van der Waals surface area contributed by atoms with E-state index in [4.69, 9.17) is 9.15 Å². The van der Waals surface area contributed by atoms with Crippen LogP contribution in [0.1, 0.15) is 45.3 Å². The van der Waals surface area contributed by atoms with Crippen molar-refractivity contribution in [2.24, 2.45) is 5.92 Å². The molecule has 1 amide bonds. The van der Waals surface area contributed by atoms with Gasteiger partial charge in [0.25, 0.3) is 5.91 Å². The molecule has 126 valence electrons. The van der Waals surface area contributed by atoms with Gasteiger partial charge in [-0.15, -0.1) is 0 Å². The van der Waals surface area contributed by atoms with Crippen molar-refractivity contribution in [1.82, 2.24) is 5.32 Å². The average molecular weight is 384 g/mol. The standard InChI is InChI=1S/C17H22BrNO4/c1-11-5-3-4-6-14(11)19-17(21)12(2)22-16(20)10-8-13-7-9-15(18)23-13/h7-12,14H,3-6H2,1-2H3,(H,19,21)/b10-8+. The van der Waals surface area contributed by atoms with Crippen molar-refractivity contribution in [3.8, 4) is 0 Å². The number of carbonyl (C=O) groups is 2. The molecule has 1 aliphatic rings. The predicted molar refractivity (Wildman–Crippen MR) is 90.6 cm³/mol. The number of furan rings is 1. The molecule has 0 spiro atoms. The first-order chi connectivity index (χ1) is 11.0. The zero-order valence-electron chi connectivity index (χ0n) is 13.4. The second-order valence-electron chi connectivity index (χ2n) is 5.93. The third-order valence-corrected chi connectivity index (χ3v) is 4.51. The zero-order valence-corrected chi connectivity index (χ0v) is 15.0. The largest absolute Gasteiger partial charge is 0.450 e. The maximum atomic E-state index is 12.1. The second kappa shape index (κ2) is 8.34. The van der Waals surface area contributed by atoms with Crippen LogP contribution in [0.2, 0.25) is 0 Å². The lowest BCUT2D eigenvalue weighted by Crippen LogP contribution is -2.45. The van der Waals surface area contributed by atoms with Crippen LogP contribution in [0.5, 0.6) is 0 Å². The fourth-order valence-corrected chi connectivity index (χ4v) is 2.98. The normalized spacial score (nSPS) is 22.7. The third kappa shape index (κ3) is 5.53. The summed E-state index contributed by atoms with van der Waals surface area (Å²) in [5.74, 6) is 0.179.